The molecule has 3 nitrogen and oxygen atoms in total. The Kier molecular flexibility index (Phi) is 6.45. The van der Waals surface area contributed by atoms with Crippen molar-refractivity contribution in [2.24, 2.45) is 0 Å². The van der Waals surface area contributed by atoms with E-state index in [4.69, 9.17) is 16.3 Å². The lowest BCUT2D eigenvalue weighted by Crippen LogP contribution is -2.07. The Morgan fingerprint density at radius 1 is 1.00 bits per heavy atom. The van der Waals surface area contributed by atoms with Crippen LogP contribution >= 0.6 is 11.6 Å². The van der Waals surface area contributed by atoms with Crippen molar-refractivity contribution in [3.8, 4) is 11.5 Å². The molecule has 0 unspecified atom stereocenters. The molecule has 0 aliphatic heterocycles. The zero-order valence-electron chi connectivity index (χ0n) is 16.1. The topological polar surface area (TPSA) is 43.4 Å². The summed E-state index contributed by atoms with van der Waals surface area (Å²) in [7, 11) is 0. The Morgan fingerprint density at radius 2 is 1.66 bits per heavy atom. The van der Waals surface area contributed by atoms with Crippen molar-refractivity contribution < 1.29 is 18.7 Å². The second-order valence-corrected chi connectivity index (χ2v) is 7.34. The molecule has 3 aromatic rings. The number of hydrogen-bond donors (Lipinski definition) is 0. The summed E-state index contributed by atoms with van der Waals surface area (Å²) < 4.78 is 18.9. The van der Waals surface area contributed by atoms with E-state index in [1.165, 1.54) is 31.2 Å². The smallest absolute Gasteiger partial charge is 0.167 e. The molecular formula is C24H20ClFO3. The number of carbonyl (C=O) groups excluding carboxylic acids is 2. The van der Waals surface area contributed by atoms with Gasteiger partial charge < -0.3 is 4.74 Å². The molecule has 3 aromatic carbocycles. The number of carbonyl (C=O) groups is 2. The SMILES string of the molecule is CC(=O)c1ccc([C@H](C)CC(=O)c2cc(Cl)ccc2Oc2ccc(F)cc2)cc1. The Balaban J connectivity index is 1.79. The van der Waals surface area contributed by atoms with Gasteiger partial charge in [0.15, 0.2) is 11.6 Å². The summed E-state index contributed by atoms with van der Waals surface area (Å²) in [6.07, 6.45) is 0.250. The summed E-state index contributed by atoms with van der Waals surface area (Å²) in [5.74, 6) is 0.255. The lowest BCUT2D eigenvalue weighted by molar-refractivity contribution is 0.0971. The highest BCUT2D eigenvalue weighted by Crippen LogP contribution is 2.31. The third-order valence-electron chi connectivity index (χ3n) is 4.66. The van der Waals surface area contributed by atoms with Crippen LogP contribution in [0.2, 0.25) is 5.02 Å². The van der Waals surface area contributed by atoms with Gasteiger partial charge in [-0.3, -0.25) is 9.59 Å². The van der Waals surface area contributed by atoms with E-state index < -0.39 is 0 Å². The van der Waals surface area contributed by atoms with E-state index >= 15 is 0 Å². The van der Waals surface area contributed by atoms with Gasteiger partial charge in [-0.15, -0.1) is 0 Å². The highest BCUT2D eigenvalue weighted by molar-refractivity contribution is 6.31. The number of halogens is 2. The first kappa shape index (κ1) is 20.7. The van der Waals surface area contributed by atoms with Gasteiger partial charge in [0.25, 0.3) is 0 Å². The molecule has 0 saturated carbocycles. The third kappa shape index (κ3) is 5.30. The van der Waals surface area contributed by atoms with E-state index in [0.29, 0.717) is 27.6 Å². The minimum Gasteiger partial charge on any atom is -0.457 e. The highest BCUT2D eigenvalue weighted by atomic mass is 35.5. The fourth-order valence-electron chi connectivity index (χ4n) is 2.99. The van der Waals surface area contributed by atoms with Gasteiger partial charge in [-0.1, -0.05) is 42.8 Å². The summed E-state index contributed by atoms with van der Waals surface area (Å²) in [4.78, 5) is 24.4. The first-order valence-corrected chi connectivity index (χ1v) is 9.58. The maximum atomic E-state index is 13.1. The Hall–Kier alpha value is -2.98. The first-order chi connectivity index (χ1) is 13.8. The van der Waals surface area contributed by atoms with Crippen molar-refractivity contribution in [2.45, 2.75) is 26.2 Å². The molecule has 3 rings (SSSR count). The van der Waals surface area contributed by atoms with Crippen molar-refractivity contribution in [1.29, 1.82) is 0 Å². The second-order valence-electron chi connectivity index (χ2n) is 6.90. The summed E-state index contributed by atoms with van der Waals surface area (Å²) in [5, 5.41) is 0.429. The van der Waals surface area contributed by atoms with Crippen molar-refractivity contribution >= 4 is 23.2 Å². The van der Waals surface area contributed by atoms with Crippen LogP contribution in [0.15, 0.2) is 66.7 Å². The Bertz CT molecular complexity index is 1030. The quantitative estimate of drug-likeness (QED) is 0.400. The molecule has 0 bridgehead atoms. The van der Waals surface area contributed by atoms with Gasteiger partial charge in [0.1, 0.15) is 17.3 Å². The van der Waals surface area contributed by atoms with Crippen LogP contribution in [0, 0.1) is 5.82 Å². The standard InChI is InChI=1S/C24H20ClFO3/c1-15(17-3-5-18(6-4-17)16(2)27)13-23(28)22-14-19(25)7-12-24(22)29-21-10-8-20(26)9-11-21/h3-12,14-15H,13H2,1-2H3/t15-/m1/s1. The second kappa shape index (κ2) is 9.01. The van der Waals surface area contributed by atoms with Gasteiger partial charge in [0.2, 0.25) is 0 Å². The summed E-state index contributed by atoms with van der Waals surface area (Å²) in [5.41, 5.74) is 1.97. The van der Waals surface area contributed by atoms with Crippen molar-refractivity contribution in [1.82, 2.24) is 0 Å². The Morgan fingerprint density at radius 3 is 2.28 bits per heavy atom. The largest absolute Gasteiger partial charge is 0.457 e. The van der Waals surface area contributed by atoms with Crippen molar-refractivity contribution in [3.05, 3.63) is 94.3 Å². The molecule has 0 saturated heterocycles. The van der Waals surface area contributed by atoms with Crippen LogP contribution in [-0.4, -0.2) is 11.6 Å². The number of Topliss-reactive ketones (excluding diaryl/α,β-unsaturated/α-hetero) is 2. The van der Waals surface area contributed by atoms with Crippen LogP contribution in [0.25, 0.3) is 0 Å². The fraction of sp³-hybridized carbons (Fsp3) is 0.167. The van der Waals surface area contributed by atoms with E-state index in [-0.39, 0.29) is 29.7 Å². The summed E-state index contributed by atoms with van der Waals surface area (Å²) in [6, 6.07) is 17.7. The van der Waals surface area contributed by atoms with Crippen LogP contribution in [0.1, 0.15) is 52.5 Å². The van der Waals surface area contributed by atoms with Gasteiger partial charge in [-0.25, -0.2) is 4.39 Å². The molecule has 5 heteroatoms. The summed E-state index contributed by atoms with van der Waals surface area (Å²) >= 11 is 6.10. The molecule has 0 amide bonds. The molecule has 148 valence electrons. The normalized spacial score (nSPS) is 11.7. The molecule has 0 radical (unpaired) electrons. The van der Waals surface area contributed by atoms with Gasteiger partial charge in [-0.2, -0.15) is 0 Å². The van der Waals surface area contributed by atoms with Gasteiger partial charge >= 0.3 is 0 Å². The average Bonchev–Trinajstić information content (AvgIpc) is 2.71. The van der Waals surface area contributed by atoms with Crippen LogP contribution in [0.5, 0.6) is 11.5 Å². The molecular weight excluding hydrogens is 391 g/mol. The molecule has 0 aromatic heterocycles. The van der Waals surface area contributed by atoms with Crippen LogP contribution in [0.4, 0.5) is 4.39 Å². The average molecular weight is 411 g/mol. The third-order valence-corrected chi connectivity index (χ3v) is 4.90. The van der Waals surface area contributed by atoms with Gasteiger partial charge in [0.05, 0.1) is 5.56 Å². The number of benzene rings is 3. The predicted molar refractivity (Wildman–Crippen MR) is 112 cm³/mol. The van der Waals surface area contributed by atoms with Crippen LogP contribution < -0.4 is 4.74 Å². The molecule has 29 heavy (non-hydrogen) atoms. The summed E-state index contributed by atoms with van der Waals surface area (Å²) in [6.45, 7) is 3.47. The number of hydrogen-bond acceptors (Lipinski definition) is 3. The molecule has 0 aliphatic rings. The molecule has 1 atom stereocenters. The number of ketones is 2. The fourth-order valence-corrected chi connectivity index (χ4v) is 3.16. The molecule has 0 aliphatic carbocycles. The Labute approximate surface area is 174 Å². The minimum absolute atomic E-state index is 0.00166. The molecule has 0 N–H and O–H groups in total. The van der Waals surface area contributed by atoms with E-state index in [0.717, 1.165) is 5.56 Å². The van der Waals surface area contributed by atoms with E-state index in [9.17, 15) is 14.0 Å². The van der Waals surface area contributed by atoms with Gasteiger partial charge in [-0.05, 0) is 60.9 Å². The minimum atomic E-state index is -0.366. The van der Waals surface area contributed by atoms with E-state index in [2.05, 4.69) is 0 Å². The molecule has 0 spiro atoms. The van der Waals surface area contributed by atoms with Gasteiger partial charge in [0, 0.05) is 17.0 Å². The van der Waals surface area contributed by atoms with Crippen LogP contribution in [-0.2, 0) is 0 Å². The number of rotatable bonds is 7. The zero-order chi connectivity index (χ0) is 21.0. The monoisotopic (exact) mass is 410 g/mol. The lowest BCUT2D eigenvalue weighted by Gasteiger charge is -2.14. The van der Waals surface area contributed by atoms with E-state index in [1.807, 2.05) is 19.1 Å². The number of ether oxygens (including phenoxy) is 1. The molecule has 0 fully saturated rings. The molecule has 0 heterocycles. The lowest BCUT2D eigenvalue weighted by atomic mass is 9.92. The first-order valence-electron chi connectivity index (χ1n) is 9.20. The predicted octanol–water partition coefficient (Wildman–Crippen LogP) is 6.85. The maximum absolute atomic E-state index is 13.1. The van der Waals surface area contributed by atoms with E-state index in [1.54, 1.807) is 30.3 Å². The zero-order valence-corrected chi connectivity index (χ0v) is 16.9. The van der Waals surface area contributed by atoms with Crippen molar-refractivity contribution in [2.75, 3.05) is 0 Å². The van der Waals surface area contributed by atoms with Crippen molar-refractivity contribution in [3.63, 3.8) is 0 Å². The highest BCUT2D eigenvalue weighted by Gasteiger charge is 2.18. The van der Waals surface area contributed by atoms with Crippen LogP contribution in [0.3, 0.4) is 0 Å². The maximum Gasteiger partial charge on any atom is 0.167 e.